The number of hydrogen-bond donors (Lipinski definition) is 2. The summed E-state index contributed by atoms with van der Waals surface area (Å²) in [6.07, 6.45) is 1.48. The number of ether oxygens (including phenoxy) is 2. The normalized spacial score (nSPS) is 12.4. The van der Waals surface area contributed by atoms with Crippen LogP contribution in [0.4, 0.5) is 0 Å². The van der Waals surface area contributed by atoms with E-state index in [4.69, 9.17) is 9.47 Å². The summed E-state index contributed by atoms with van der Waals surface area (Å²) in [5, 5.41) is 5.73. The molecule has 0 unspecified atom stereocenters. The number of nitrogens with zero attached hydrogens (tertiary/aromatic N) is 1. The van der Waals surface area contributed by atoms with Crippen LogP contribution in [0.25, 0.3) is 0 Å². The zero-order chi connectivity index (χ0) is 27.8. The molecule has 0 spiro atoms. The molecule has 2 amide bonds. The molecule has 200 valence electrons. The van der Waals surface area contributed by atoms with Crippen molar-refractivity contribution in [2.75, 3.05) is 7.11 Å². The number of amides is 2. The van der Waals surface area contributed by atoms with Crippen molar-refractivity contribution in [1.82, 2.24) is 15.6 Å². The highest BCUT2D eigenvalue weighted by atomic mass is 16.6. The molecule has 3 aromatic rings. The van der Waals surface area contributed by atoms with Gasteiger partial charge in [0.1, 0.15) is 6.04 Å². The second kappa shape index (κ2) is 12.9. The van der Waals surface area contributed by atoms with Gasteiger partial charge in [0.05, 0.1) is 7.11 Å². The Kier molecular flexibility index (Phi) is 9.60. The third kappa shape index (κ3) is 6.97. The first-order chi connectivity index (χ1) is 18.1. The fourth-order valence-corrected chi connectivity index (χ4v) is 4.30. The van der Waals surface area contributed by atoms with Gasteiger partial charge in [-0.25, -0.2) is 4.98 Å². The number of rotatable bonds is 10. The van der Waals surface area contributed by atoms with Gasteiger partial charge in [-0.3, -0.25) is 14.4 Å². The van der Waals surface area contributed by atoms with Crippen LogP contribution >= 0.6 is 0 Å². The summed E-state index contributed by atoms with van der Waals surface area (Å²) < 4.78 is 10.5. The number of nitrogens with one attached hydrogen (secondary N) is 2. The molecule has 0 aliphatic heterocycles. The number of pyridine rings is 1. The number of aromatic nitrogens is 1. The van der Waals surface area contributed by atoms with E-state index in [-0.39, 0.29) is 41.5 Å². The standard InChI is InChI=1S/C30H35N3O5/c1-7-25(34)38-28-24(37-6)14-15-31-27(28)30(36)33-21(5)29(35)32-20(4)26(22-12-8-10-18(2)16-22)23-13-9-11-19(3)17-23/h8-17,20-21,26H,7H2,1-6H3,(H,32,35)(H,33,36)/t20-,21-/m0/s1. The van der Waals surface area contributed by atoms with Crippen LogP contribution in [0.5, 0.6) is 11.5 Å². The molecule has 0 radical (unpaired) electrons. The van der Waals surface area contributed by atoms with Gasteiger partial charge < -0.3 is 20.1 Å². The average molecular weight is 518 g/mol. The Morgan fingerprint density at radius 2 is 1.53 bits per heavy atom. The molecule has 2 N–H and O–H groups in total. The fourth-order valence-electron chi connectivity index (χ4n) is 4.30. The molecule has 2 aromatic carbocycles. The number of methoxy groups -OCH3 is 1. The van der Waals surface area contributed by atoms with Gasteiger partial charge in [0, 0.05) is 30.6 Å². The highest BCUT2D eigenvalue weighted by Gasteiger charge is 2.28. The average Bonchev–Trinajstić information content (AvgIpc) is 2.88. The molecule has 0 saturated heterocycles. The summed E-state index contributed by atoms with van der Waals surface area (Å²) in [4.78, 5) is 42.2. The second-order valence-electron chi connectivity index (χ2n) is 9.32. The van der Waals surface area contributed by atoms with Crippen LogP contribution in [0.1, 0.15) is 65.9 Å². The van der Waals surface area contributed by atoms with Crippen molar-refractivity contribution >= 4 is 17.8 Å². The number of benzene rings is 2. The number of aryl methyl sites for hydroxylation is 2. The van der Waals surface area contributed by atoms with Crippen molar-refractivity contribution in [1.29, 1.82) is 0 Å². The SMILES string of the molecule is CCC(=O)Oc1c(OC)ccnc1C(=O)N[C@@H](C)C(=O)N[C@@H](C)C(c1cccc(C)c1)c1cccc(C)c1. The third-order valence-electron chi connectivity index (χ3n) is 6.22. The first kappa shape index (κ1) is 28.4. The molecule has 2 atom stereocenters. The quantitative estimate of drug-likeness (QED) is 0.384. The van der Waals surface area contributed by atoms with E-state index >= 15 is 0 Å². The molecule has 0 fully saturated rings. The zero-order valence-corrected chi connectivity index (χ0v) is 22.7. The number of carbonyl (C=O) groups is 3. The number of carbonyl (C=O) groups excluding carboxylic acids is 3. The van der Waals surface area contributed by atoms with Gasteiger partial charge in [-0.1, -0.05) is 66.6 Å². The molecular formula is C30H35N3O5. The first-order valence-corrected chi connectivity index (χ1v) is 12.6. The summed E-state index contributed by atoms with van der Waals surface area (Å²) in [6, 6.07) is 16.8. The van der Waals surface area contributed by atoms with Crippen LogP contribution in [0, 0.1) is 13.8 Å². The van der Waals surface area contributed by atoms with Gasteiger partial charge in [-0.2, -0.15) is 0 Å². The third-order valence-corrected chi connectivity index (χ3v) is 6.22. The summed E-state index contributed by atoms with van der Waals surface area (Å²) in [6.45, 7) is 9.26. The summed E-state index contributed by atoms with van der Waals surface area (Å²) in [5.41, 5.74) is 4.29. The van der Waals surface area contributed by atoms with Crippen LogP contribution in [0.2, 0.25) is 0 Å². The molecular weight excluding hydrogens is 482 g/mol. The van der Waals surface area contributed by atoms with Crippen LogP contribution < -0.4 is 20.1 Å². The van der Waals surface area contributed by atoms with Gasteiger partial charge in [0.2, 0.25) is 11.7 Å². The number of esters is 1. The minimum absolute atomic E-state index is 0.0840. The lowest BCUT2D eigenvalue weighted by Gasteiger charge is -2.28. The lowest BCUT2D eigenvalue weighted by molar-refractivity contribution is -0.134. The van der Waals surface area contributed by atoms with Crippen molar-refractivity contribution in [3.05, 3.63) is 88.7 Å². The largest absolute Gasteiger partial charge is 0.493 e. The van der Waals surface area contributed by atoms with E-state index in [0.29, 0.717) is 0 Å². The Labute approximate surface area is 223 Å². The van der Waals surface area contributed by atoms with Crippen molar-refractivity contribution in [2.24, 2.45) is 0 Å². The second-order valence-corrected chi connectivity index (χ2v) is 9.32. The van der Waals surface area contributed by atoms with Crippen molar-refractivity contribution in [3.8, 4) is 11.5 Å². The van der Waals surface area contributed by atoms with Crippen LogP contribution in [0.15, 0.2) is 60.8 Å². The van der Waals surface area contributed by atoms with E-state index in [0.717, 1.165) is 22.3 Å². The van der Waals surface area contributed by atoms with Gasteiger partial charge >= 0.3 is 5.97 Å². The minimum Gasteiger partial charge on any atom is -0.493 e. The highest BCUT2D eigenvalue weighted by molar-refractivity contribution is 5.99. The van der Waals surface area contributed by atoms with E-state index in [9.17, 15) is 14.4 Å². The Morgan fingerprint density at radius 3 is 2.05 bits per heavy atom. The van der Waals surface area contributed by atoms with E-state index in [1.165, 1.54) is 19.4 Å². The molecule has 8 nitrogen and oxygen atoms in total. The van der Waals surface area contributed by atoms with Crippen LogP contribution in [-0.2, 0) is 9.59 Å². The van der Waals surface area contributed by atoms with Crippen molar-refractivity contribution in [3.63, 3.8) is 0 Å². The molecule has 3 rings (SSSR count). The summed E-state index contributed by atoms with van der Waals surface area (Å²) in [7, 11) is 1.40. The monoisotopic (exact) mass is 517 g/mol. The van der Waals surface area contributed by atoms with E-state index in [2.05, 4.69) is 39.9 Å². The summed E-state index contributed by atoms with van der Waals surface area (Å²) >= 11 is 0. The fraction of sp³-hybridized carbons (Fsp3) is 0.333. The molecule has 0 aliphatic carbocycles. The molecule has 38 heavy (non-hydrogen) atoms. The van der Waals surface area contributed by atoms with E-state index < -0.39 is 17.9 Å². The Morgan fingerprint density at radius 1 is 0.921 bits per heavy atom. The van der Waals surface area contributed by atoms with E-state index in [1.807, 2.05) is 45.0 Å². The van der Waals surface area contributed by atoms with Gasteiger partial charge in [-0.05, 0) is 38.8 Å². The Hall–Kier alpha value is -4.20. The molecule has 8 heteroatoms. The Balaban J connectivity index is 1.80. The van der Waals surface area contributed by atoms with Crippen molar-refractivity contribution in [2.45, 2.75) is 59.0 Å². The van der Waals surface area contributed by atoms with Crippen LogP contribution in [-0.4, -0.2) is 42.0 Å². The van der Waals surface area contributed by atoms with E-state index in [1.54, 1.807) is 13.8 Å². The lowest BCUT2D eigenvalue weighted by atomic mass is 9.84. The number of hydrogen-bond acceptors (Lipinski definition) is 6. The molecule has 1 heterocycles. The molecule has 1 aromatic heterocycles. The molecule has 0 aliphatic rings. The van der Waals surface area contributed by atoms with Gasteiger partial charge in [-0.15, -0.1) is 0 Å². The maximum atomic E-state index is 13.2. The Bertz CT molecular complexity index is 1260. The zero-order valence-electron chi connectivity index (χ0n) is 22.7. The topological polar surface area (TPSA) is 107 Å². The minimum atomic E-state index is -0.886. The van der Waals surface area contributed by atoms with Crippen molar-refractivity contribution < 1.29 is 23.9 Å². The van der Waals surface area contributed by atoms with Gasteiger partial charge in [0.25, 0.3) is 5.91 Å². The maximum Gasteiger partial charge on any atom is 0.311 e. The van der Waals surface area contributed by atoms with Crippen LogP contribution in [0.3, 0.4) is 0 Å². The first-order valence-electron chi connectivity index (χ1n) is 12.6. The predicted molar refractivity (Wildman–Crippen MR) is 145 cm³/mol. The molecule has 0 saturated carbocycles. The maximum absolute atomic E-state index is 13.2. The molecule has 0 bridgehead atoms. The highest BCUT2D eigenvalue weighted by Crippen LogP contribution is 2.31. The lowest BCUT2D eigenvalue weighted by Crippen LogP contribution is -2.49. The predicted octanol–water partition coefficient (Wildman–Crippen LogP) is 4.48. The summed E-state index contributed by atoms with van der Waals surface area (Å²) in [5.74, 6) is -1.54. The smallest absolute Gasteiger partial charge is 0.311 e. The van der Waals surface area contributed by atoms with Gasteiger partial charge in [0.15, 0.2) is 11.4 Å².